The van der Waals surface area contributed by atoms with Crippen LogP contribution in [0.15, 0.2) is 376 Å². The summed E-state index contributed by atoms with van der Waals surface area (Å²) in [6.45, 7) is 0. The van der Waals surface area contributed by atoms with E-state index >= 15 is 0 Å². The molecular formula is C84H62N4. The first-order valence-corrected chi connectivity index (χ1v) is 30.0. The Morgan fingerprint density at radius 1 is 0.102 bits per heavy atom. The molecule has 4 heteroatoms. The average molecular weight is 1130 g/mol. The first-order chi connectivity index (χ1) is 43.6. The van der Waals surface area contributed by atoms with Crippen molar-refractivity contribution in [3.8, 4) is 55.6 Å². The highest BCUT2D eigenvalue weighted by atomic mass is 15.2. The van der Waals surface area contributed by atoms with Gasteiger partial charge in [-0.3, -0.25) is 0 Å². The van der Waals surface area contributed by atoms with Gasteiger partial charge in [-0.05, 0) is 189 Å². The van der Waals surface area contributed by atoms with E-state index in [1.165, 1.54) is 22.3 Å². The summed E-state index contributed by atoms with van der Waals surface area (Å²) in [5, 5.41) is 0. The summed E-state index contributed by atoms with van der Waals surface area (Å²) in [5.74, 6) is 0. The molecule has 0 radical (unpaired) electrons. The van der Waals surface area contributed by atoms with Crippen LogP contribution >= 0.6 is 0 Å². The molecule has 0 fully saturated rings. The maximum absolute atomic E-state index is 2.39. The lowest BCUT2D eigenvalue weighted by Gasteiger charge is -2.32. The molecule has 0 aliphatic carbocycles. The van der Waals surface area contributed by atoms with Crippen molar-refractivity contribution in [1.82, 2.24) is 0 Å². The molecule has 0 atom stereocenters. The maximum atomic E-state index is 2.39. The molecule has 0 aliphatic rings. The third-order valence-electron chi connectivity index (χ3n) is 16.2. The van der Waals surface area contributed by atoms with Crippen LogP contribution in [-0.2, 0) is 0 Å². The van der Waals surface area contributed by atoms with Crippen molar-refractivity contribution in [2.75, 3.05) is 19.6 Å². The summed E-state index contributed by atoms with van der Waals surface area (Å²) in [4.78, 5) is 9.57. The third-order valence-corrected chi connectivity index (χ3v) is 16.2. The van der Waals surface area contributed by atoms with Gasteiger partial charge >= 0.3 is 0 Å². The highest BCUT2D eigenvalue weighted by Crippen LogP contribution is 2.48. The van der Waals surface area contributed by atoms with Gasteiger partial charge in [-0.15, -0.1) is 0 Å². The molecule has 418 valence electrons. The van der Waals surface area contributed by atoms with Crippen molar-refractivity contribution in [1.29, 1.82) is 0 Å². The van der Waals surface area contributed by atoms with E-state index in [0.29, 0.717) is 0 Å². The fourth-order valence-corrected chi connectivity index (χ4v) is 11.9. The van der Waals surface area contributed by atoms with Crippen LogP contribution in [0.2, 0.25) is 0 Å². The van der Waals surface area contributed by atoms with E-state index in [4.69, 9.17) is 0 Å². The highest BCUT2D eigenvalue weighted by Gasteiger charge is 2.24. The summed E-state index contributed by atoms with van der Waals surface area (Å²) in [6.07, 6.45) is 0. The summed E-state index contributed by atoms with van der Waals surface area (Å²) in [7, 11) is 0. The Morgan fingerprint density at radius 3 is 0.432 bits per heavy atom. The van der Waals surface area contributed by atoms with E-state index in [1.54, 1.807) is 0 Å². The van der Waals surface area contributed by atoms with E-state index in [0.717, 1.165) is 102 Å². The molecule has 0 amide bonds. The molecule has 0 saturated carbocycles. The summed E-state index contributed by atoms with van der Waals surface area (Å²) >= 11 is 0. The lowest BCUT2D eigenvalue weighted by atomic mass is 9.98. The molecule has 14 aromatic carbocycles. The lowest BCUT2D eigenvalue weighted by Crippen LogP contribution is -2.14. The second-order valence-corrected chi connectivity index (χ2v) is 21.8. The number of hydrogen-bond donors (Lipinski definition) is 0. The zero-order valence-electron chi connectivity index (χ0n) is 48.6. The van der Waals surface area contributed by atoms with E-state index in [2.05, 4.69) is 396 Å². The molecule has 0 bridgehead atoms. The molecule has 0 spiro atoms. The van der Waals surface area contributed by atoms with Crippen LogP contribution in [0.1, 0.15) is 0 Å². The SMILES string of the molecule is c1ccc(-c2ccc(N(c3ccccc3)c3cc(-c4cc(N(c5ccccc5)c5ccc(-c6ccccc6)cc5)cc(N(c5ccccc5)c5ccc(-c6ccccc6)cc5)c4)cc(N(c4ccccc4)c4ccc(-c5ccccc5)cc4)c3)cc2)cc1. The largest absolute Gasteiger partial charge is 0.310 e. The third kappa shape index (κ3) is 11.7. The molecule has 0 N–H and O–H groups in total. The predicted octanol–water partition coefficient (Wildman–Crippen LogP) is 23.9. The molecule has 0 saturated heterocycles. The molecular weight excluding hydrogens is 1060 g/mol. The maximum Gasteiger partial charge on any atom is 0.0488 e. The molecule has 0 aromatic heterocycles. The number of rotatable bonds is 17. The van der Waals surface area contributed by atoms with Gasteiger partial charge in [0, 0.05) is 68.2 Å². The Bertz CT molecular complexity index is 3950. The van der Waals surface area contributed by atoms with Crippen LogP contribution in [0.3, 0.4) is 0 Å². The Balaban J connectivity index is 1.03. The minimum absolute atomic E-state index is 0.993. The monoisotopic (exact) mass is 1130 g/mol. The second kappa shape index (κ2) is 25.2. The van der Waals surface area contributed by atoms with Crippen molar-refractivity contribution in [2.24, 2.45) is 0 Å². The average Bonchev–Trinajstić information content (AvgIpc) is 1.80. The fraction of sp³-hybridized carbons (Fsp3) is 0. The topological polar surface area (TPSA) is 13.0 Å². The minimum atomic E-state index is 0.993. The molecule has 0 heterocycles. The summed E-state index contributed by atoms with van der Waals surface area (Å²) < 4.78 is 0. The standard InChI is InChI=1S/C84H62N4/c1-9-25-63(26-10-1)67-41-49-77(50-42-67)85(73-33-17-5-18-34-73)81-57-71(58-82(61-81)86(74-35-19-6-20-36-74)78-51-43-68(44-52-78)64-27-11-2-12-28-64)72-59-83(87(75-37-21-7-22-38-75)79-53-45-69(46-54-79)65-29-13-3-14-30-65)62-84(60-72)88(76-39-23-8-24-40-76)80-55-47-70(48-56-80)66-31-15-4-16-32-66/h1-62H. The van der Waals surface area contributed by atoms with Crippen LogP contribution in [0.4, 0.5) is 68.2 Å². The van der Waals surface area contributed by atoms with Gasteiger partial charge in [0.2, 0.25) is 0 Å². The van der Waals surface area contributed by atoms with Crippen LogP contribution in [0, 0.1) is 0 Å². The smallest absolute Gasteiger partial charge is 0.0488 e. The van der Waals surface area contributed by atoms with Gasteiger partial charge in [0.05, 0.1) is 0 Å². The van der Waals surface area contributed by atoms with Crippen molar-refractivity contribution >= 4 is 68.2 Å². The highest BCUT2D eigenvalue weighted by molar-refractivity contribution is 5.93. The molecule has 14 rings (SSSR count). The predicted molar refractivity (Wildman–Crippen MR) is 372 cm³/mol. The number of nitrogens with zero attached hydrogens (tertiary/aromatic N) is 4. The Hall–Kier alpha value is -11.7. The molecule has 0 aliphatic heterocycles. The normalized spacial score (nSPS) is 11.0. The number of anilines is 12. The quantitative estimate of drug-likeness (QED) is 0.0901. The van der Waals surface area contributed by atoms with E-state index in [-0.39, 0.29) is 0 Å². The van der Waals surface area contributed by atoms with Gasteiger partial charge in [0.15, 0.2) is 0 Å². The molecule has 14 aromatic rings. The lowest BCUT2D eigenvalue weighted by molar-refractivity contribution is 1.24. The number of benzene rings is 14. The van der Waals surface area contributed by atoms with Crippen molar-refractivity contribution in [2.45, 2.75) is 0 Å². The minimum Gasteiger partial charge on any atom is -0.310 e. The van der Waals surface area contributed by atoms with Crippen molar-refractivity contribution in [3.05, 3.63) is 376 Å². The van der Waals surface area contributed by atoms with E-state index < -0.39 is 0 Å². The summed E-state index contributed by atoms with van der Waals surface area (Å²) in [5.41, 5.74) is 23.6. The van der Waals surface area contributed by atoms with Crippen LogP contribution in [-0.4, -0.2) is 0 Å². The Labute approximate surface area is 516 Å². The van der Waals surface area contributed by atoms with Gasteiger partial charge < -0.3 is 19.6 Å². The van der Waals surface area contributed by atoms with Gasteiger partial charge in [0.25, 0.3) is 0 Å². The van der Waals surface area contributed by atoms with E-state index in [9.17, 15) is 0 Å². The zero-order valence-corrected chi connectivity index (χ0v) is 48.6. The van der Waals surface area contributed by atoms with Gasteiger partial charge in [-0.25, -0.2) is 0 Å². The van der Waals surface area contributed by atoms with E-state index in [1.807, 2.05) is 0 Å². The van der Waals surface area contributed by atoms with Crippen LogP contribution < -0.4 is 19.6 Å². The first kappa shape index (κ1) is 54.2. The Morgan fingerprint density at radius 2 is 0.250 bits per heavy atom. The van der Waals surface area contributed by atoms with Crippen LogP contribution in [0.5, 0.6) is 0 Å². The summed E-state index contributed by atoms with van der Waals surface area (Å²) in [6, 6.07) is 135. The van der Waals surface area contributed by atoms with Crippen molar-refractivity contribution < 1.29 is 0 Å². The van der Waals surface area contributed by atoms with Gasteiger partial charge in [0.1, 0.15) is 0 Å². The number of hydrogen-bond acceptors (Lipinski definition) is 4. The number of para-hydroxylation sites is 4. The van der Waals surface area contributed by atoms with Gasteiger partial charge in [-0.1, -0.05) is 243 Å². The van der Waals surface area contributed by atoms with Gasteiger partial charge in [-0.2, -0.15) is 0 Å². The van der Waals surface area contributed by atoms with Crippen molar-refractivity contribution in [3.63, 3.8) is 0 Å². The molecule has 0 unspecified atom stereocenters. The second-order valence-electron chi connectivity index (χ2n) is 21.8. The molecule has 4 nitrogen and oxygen atoms in total. The van der Waals surface area contributed by atoms with Crippen LogP contribution in [0.25, 0.3) is 55.6 Å². The molecule has 88 heavy (non-hydrogen) atoms. The zero-order chi connectivity index (χ0) is 58.9. The first-order valence-electron chi connectivity index (χ1n) is 30.0. The fourth-order valence-electron chi connectivity index (χ4n) is 11.9. The Kier molecular flexibility index (Phi) is 15.6.